The third kappa shape index (κ3) is 15.9. The molecule has 0 radical (unpaired) electrons. The van der Waals surface area contributed by atoms with Gasteiger partial charge in [0.1, 0.15) is 18.1 Å². The summed E-state index contributed by atoms with van der Waals surface area (Å²) in [6, 6.07) is -6.72. The van der Waals surface area contributed by atoms with E-state index in [4.69, 9.17) is 5.11 Å². The van der Waals surface area contributed by atoms with E-state index in [0.717, 1.165) is 6.92 Å². The molecule has 3 unspecified atom stereocenters. The molecule has 2 rings (SSSR count). The normalized spacial score (nSPS) is 21.0. The number of carbonyl (C=O) groups excluding carboxylic acids is 8. The van der Waals surface area contributed by atoms with Crippen LogP contribution >= 0.6 is 23.5 Å². The summed E-state index contributed by atoms with van der Waals surface area (Å²) in [5.74, 6) is -8.46. The predicted molar refractivity (Wildman–Crippen MR) is 220 cm³/mol. The van der Waals surface area contributed by atoms with Crippen molar-refractivity contribution in [2.75, 3.05) is 18.8 Å². The van der Waals surface area contributed by atoms with E-state index in [1.54, 1.807) is 27.7 Å². The molecule has 0 aromatic carbocycles. The minimum atomic E-state index is -1.48. The molecule has 2 fully saturated rings. The fourth-order valence-corrected chi connectivity index (χ4v) is 10.0. The number of Topliss-reactive ketones (excluding diaryl/α,β-unsaturated/α-hetero) is 2. The highest BCUT2D eigenvalue weighted by Gasteiger charge is 2.51. The van der Waals surface area contributed by atoms with Gasteiger partial charge in [0, 0.05) is 38.6 Å². The van der Waals surface area contributed by atoms with Crippen LogP contribution in [0.1, 0.15) is 86.5 Å². The first-order valence-corrected chi connectivity index (χ1v) is 21.5. The van der Waals surface area contributed by atoms with Crippen molar-refractivity contribution in [1.29, 1.82) is 0 Å². The van der Waals surface area contributed by atoms with Crippen LogP contribution in [0.15, 0.2) is 12.7 Å². The molecule has 2 heterocycles. The van der Waals surface area contributed by atoms with Gasteiger partial charge in [-0.15, -0.1) is 30.1 Å². The van der Waals surface area contributed by atoms with Gasteiger partial charge in [-0.05, 0) is 37.5 Å². The fourth-order valence-electron chi connectivity index (χ4n) is 6.44. The van der Waals surface area contributed by atoms with E-state index in [9.17, 15) is 53.1 Å². The average Bonchev–Trinajstić information content (AvgIpc) is 3.79. The van der Waals surface area contributed by atoms with E-state index in [-0.39, 0.29) is 31.1 Å². The number of thioether (sulfide) groups is 2. The smallest absolute Gasteiger partial charge is 0.303 e. The number of nitrogens with one attached hydrogen (secondary N) is 7. The second-order valence-corrected chi connectivity index (χ2v) is 18.5. The van der Waals surface area contributed by atoms with Gasteiger partial charge in [0.2, 0.25) is 35.3 Å². The number of ketones is 2. The van der Waals surface area contributed by atoms with Crippen LogP contribution in [-0.2, 0) is 47.9 Å². The SMILES string of the molecule is C=CCNC(=O)C(=O)C(CCC)NC(=O)[C@@H]1CC2(CN1)SCC(C(=O)[C@@H](NC(=O)[C@@H](NC(=O)[C@H](CCC(=O)O)NC(=O)[C@H](CCC(=O)O)NC(C)=O)C(C)C)C(C)C)S2. The van der Waals surface area contributed by atoms with Crippen LogP contribution < -0.4 is 37.2 Å². The second-order valence-electron chi connectivity index (χ2n) is 15.2. The molecule has 0 bridgehead atoms. The van der Waals surface area contributed by atoms with Gasteiger partial charge in [0.15, 0.2) is 5.78 Å². The Morgan fingerprint density at radius 2 is 1.34 bits per heavy atom. The number of carboxylic acid groups (broad SMARTS) is 2. The zero-order chi connectivity index (χ0) is 44.6. The van der Waals surface area contributed by atoms with Crippen molar-refractivity contribution in [1.82, 2.24) is 37.2 Å². The number of carbonyl (C=O) groups is 10. The van der Waals surface area contributed by atoms with Crippen LogP contribution in [0.5, 0.6) is 0 Å². The van der Waals surface area contributed by atoms with Gasteiger partial charge in [0.25, 0.3) is 5.91 Å². The maximum Gasteiger partial charge on any atom is 0.303 e. The molecule has 6 amide bonds. The van der Waals surface area contributed by atoms with E-state index >= 15 is 0 Å². The van der Waals surface area contributed by atoms with Gasteiger partial charge in [-0.2, -0.15) is 0 Å². The van der Waals surface area contributed by atoms with Crippen LogP contribution in [0, 0.1) is 11.8 Å². The summed E-state index contributed by atoms with van der Waals surface area (Å²) in [5.41, 5.74) is 0. The fraction of sp³-hybridized carbons (Fsp3) is 0.684. The molecule has 1 spiro atoms. The van der Waals surface area contributed by atoms with Gasteiger partial charge in [0.05, 0.1) is 27.5 Å². The monoisotopic (exact) mass is 869 g/mol. The molecule has 0 saturated carbocycles. The van der Waals surface area contributed by atoms with Crippen molar-refractivity contribution in [3.8, 4) is 0 Å². The maximum absolute atomic E-state index is 14.1. The second kappa shape index (κ2) is 23.9. The summed E-state index contributed by atoms with van der Waals surface area (Å²) >= 11 is 2.90. The lowest BCUT2D eigenvalue weighted by Gasteiger charge is -2.30. The molecule has 9 N–H and O–H groups in total. The van der Waals surface area contributed by atoms with Crippen molar-refractivity contribution in [3.63, 3.8) is 0 Å². The maximum atomic E-state index is 14.1. The lowest BCUT2D eigenvalue weighted by Crippen LogP contribution is -2.59. The molecule has 0 aliphatic carbocycles. The Hall–Kier alpha value is -4.50. The number of hydrogen-bond donors (Lipinski definition) is 9. The highest BCUT2D eigenvalue weighted by Crippen LogP contribution is 2.53. The van der Waals surface area contributed by atoms with E-state index in [1.165, 1.54) is 29.6 Å². The van der Waals surface area contributed by atoms with E-state index in [2.05, 4.69) is 43.8 Å². The quantitative estimate of drug-likeness (QED) is 0.0418. The summed E-state index contributed by atoms with van der Waals surface area (Å²) in [7, 11) is 0. The van der Waals surface area contributed by atoms with Crippen LogP contribution in [-0.4, -0.2) is 134 Å². The Morgan fingerprint density at radius 3 is 1.86 bits per heavy atom. The van der Waals surface area contributed by atoms with Gasteiger partial charge >= 0.3 is 11.9 Å². The van der Waals surface area contributed by atoms with Crippen molar-refractivity contribution in [2.24, 2.45) is 11.8 Å². The van der Waals surface area contributed by atoms with Crippen LogP contribution in [0.3, 0.4) is 0 Å². The lowest BCUT2D eigenvalue weighted by molar-refractivity contribution is -0.140. The van der Waals surface area contributed by atoms with E-state index in [0.29, 0.717) is 25.1 Å². The summed E-state index contributed by atoms with van der Waals surface area (Å²) in [4.78, 5) is 127. The molecular weight excluding hydrogens is 811 g/mol. The van der Waals surface area contributed by atoms with E-state index < -0.39 is 124 Å². The summed E-state index contributed by atoms with van der Waals surface area (Å²) in [5, 5.41) is 36.2. The van der Waals surface area contributed by atoms with Crippen molar-refractivity contribution < 1.29 is 58.2 Å². The number of hydrogen-bond acceptors (Lipinski definition) is 13. The molecular formula is C38H59N7O12S2. The molecule has 19 nitrogen and oxygen atoms in total. The van der Waals surface area contributed by atoms with Crippen LogP contribution in [0.4, 0.5) is 0 Å². The Balaban J connectivity index is 2.15. The summed E-state index contributed by atoms with van der Waals surface area (Å²) < 4.78 is -0.560. The van der Waals surface area contributed by atoms with Crippen molar-refractivity contribution >= 4 is 82.5 Å². The van der Waals surface area contributed by atoms with Crippen LogP contribution in [0.25, 0.3) is 0 Å². The third-order valence-electron chi connectivity index (χ3n) is 9.60. The van der Waals surface area contributed by atoms with E-state index in [1.807, 2.05) is 6.92 Å². The van der Waals surface area contributed by atoms with Gasteiger partial charge in [-0.1, -0.05) is 47.1 Å². The number of carboxylic acids is 2. The van der Waals surface area contributed by atoms with Gasteiger partial charge in [-0.25, -0.2) is 0 Å². The van der Waals surface area contributed by atoms with Gasteiger partial charge in [-0.3, -0.25) is 47.9 Å². The molecule has 2 aliphatic rings. The molecule has 0 aromatic rings. The first-order chi connectivity index (χ1) is 27.6. The number of rotatable bonds is 25. The predicted octanol–water partition coefficient (Wildman–Crippen LogP) is -0.381. The van der Waals surface area contributed by atoms with Crippen molar-refractivity contribution in [2.45, 2.75) is 132 Å². The Morgan fingerprint density at radius 1 is 0.780 bits per heavy atom. The molecule has 2 aliphatic heterocycles. The zero-order valence-electron chi connectivity index (χ0n) is 34.3. The average molecular weight is 870 g/mol. The summed E-state index contributed by atoms with van der Waals surface area (Å²) in [6.07, 6.45) is 0.864. The topological polar surface area (TPSA) is 295 Å². The Bertz CT molecular complexity index is 1610. The van der Waals surface area contributed by atoms with Crippen molar-refractivity contribution in [3.05, 3.63) is 12.7 Å². The highest BCUT2D eigenvalue weighted by molar-refractivity contribution is 8.22. The molecule has 8 atom stereocenters. The molecule has 330 valence electrons. The largest absolute Gasteiger partial charge is 0.481 e. The molecule has 2 saturated heterocycles. The Labute approximate surface area is 352 Å². The molecule has 59 heavy (non-hydrogen) atoms. The molecule has 0 aromatic heterocycles. The molecule has 21 heteroatoms. The third-order valence-corrected chi connectivity index (χ3v) is 13.2. The minimum Gasteiger partial charge on any atom is -0.481 e. The first kappa shape index (κ1) is 50.6. The standard InChI is InChI=1S/C38H59N7O12S2/c1-8-10-22(31(51)37(57)39-15-9-2)42-35(55)25-16-38(18-40-25)58-17-26(59-38)32(52)29(19(3)4)44-36(56)30(20(5)6)45-34(54)24(12-14-28(49)50)43-33(53)23(41-21(7)46)11-13-27(47)48/h9,19-20,22-26,29-30,40H,2,8,10-18H2,1,3-7H3,(H,39,57)(H,41,46)(H,42,55)(H,43,53)(H,44,56)(H,45,54)(H,47,48)(H,49,50)/t22?,23-,24-,25-,26?,29-,30-,38?/m0/s1. The lowest BCUT2D eigenvalue weighted by atomic mass is 9.96. The Kier molecular flexibility index (Phi) is 20.5. The highest BCUT2D eigenvalue weighted by atomic mass is 32.2. The van der Waals surface area contributed by atoms with Crippen LogP contribution in [0.2, 0.25) is 0 Å². The first-order valence-electron chi connectivity index (χ1n) is 19.6. The minimum absolute atomic E-state index is 0.107. The zero-order valence-corrected chi connectivity index (χ0v) is 36.0. The number of aliphatic carboxylic acids is 2. The summed E-state index contributed by atoms with van der Waals surface area (Å²) in [6.45, 7) is 13.7. The van der Waals surface area contributed by atoms with Gasteiger partial charge < -0.3 is 47.4 Å². The number of amides is 6.